The van der Waals surface area contributed by atoms with E-state index < -0.39 is 0 Å². The van der Waals surface area contributed by atoms with E-state index in [1.165, 1.54) is 45.3 Å². The molecule has 2 atom stereocenters. The summed E-state index contributed by atoms with van der Waals surface area (Å²) in [4.78, 5) is 2.55. The summed E-state index contributed by atoms with van der Waals surface area (Å²) in [5.41, 5.74) is 0. The van der Waals surface area contributed by atoms with Gasteiger partial charge in [-0.3, -0.25) is 0 Å². The van der Waals surface area contributed by atoms with Crippen LogP contribution < -0.4 is 5.32 Å². The molecule has 0 aliphatic carbocycles. The van der Waals surface area contributed by atoms with Crippen molar-refractivity contribution in [2.24, 2.45) is 0 Å². The fourth-order valence-corrected chi connectivity index (χ4v) is 2.55. The normalized spacial score (nSPS) is 22.2. The van der Waals surface area contributed by atoms with Gasteiger partial charge in [0.25, 0.3) is 0 Å². The number of rotatable bonds is 9. The third kappa shape index (κ3) is 5.84. The van der Waals surface area contributed by atoms with Crippen LogP contribution in [-0.2, 0) is 4.74 Å². The lowest BCUT2D eigenvalue weighted by Gasteiger charge is -2.24. The number of hydrogen-bond donors (Lipinski definition) is 1. The monoisotopic (exact) mass is 242 g/mol. The van der Waals surface area contributed by atoms with Crippen molar-refractivity contribution in [2.45, 2.75) is 58.6 Å². The number of nitrogens with zero attached hydrogens (tertiary/aromatic N) is 1. The summed E-state index contributed by atoms with van der Waals surface area (Å²) in [5, 5.41) is 3.61. The number of ether oxygens (including phenoxy) is 1. The standard InChI is InChI=1S/C14H30N2O/c1-4-9-16(10-5-2)11-8-15-13(3)14-7-6-12-17-14/h13-15H,4-12H2,1-3H3. The van der Waals surface area contributed by atoms with Gasteiger partial charge in [-0.25, -0.2) is 0 Å². The van der Waals surface area contributed by atoms with Gasteiger partial charge < -0.3 is 15.0 Å². The van der Waals surface area contributed by atoms with Crippen LogP contribution in [0.5, 0.6) is 0 Å². The molecule has 0 amide bonds. The first-order valence-corrected chi connectivity index (χ1v) is 7.35. The van der Waals surface area contributed by atoms with Crippen molar-refractivity contribution >= 4 is 0 Å². The van der Waals surface area contributed by atoms with E-state index in [1.54, 1.807) is 0 Å². The van der Waals surface area contributed by atoms with Gasteiger partial charge in [-0.2, -0.15) is 0 Å². The van der Waals surface area contributed by atoms with Crippen LogP contribution in [0.4, 0.5) is 0 Å². The predicted octanol–water partition coefficient (Wildman–Crippen LogP) is 2.27. The van der Waals surface area contributed by atoms with Crippen molar-refractivity contribution in [3.05, 3.63) is 0 Å². The molecular weight excluding hydrogens is 212 g/mol. The SMILES string of the molecule is CCCN(CCC)CCNC(C)C1CCCO1. The Bertz CT molecular complexity index is 173. The number of nitrogens with one attached hydrogen (secondary N) is 1. The van der Waals surface area contributed by atoms with Gasteiger partial charge in [-0.15, -0.1) is 0 Å². The summed E-state index contributed by atoms with van der Waals surface area (Å²) in [6.07, 6.45) is 5.40. The van der Waals surface area contributed by atoms with Crippen LogP contribution >= 0.6 is 0 Å². The smallest absolute Gasteiger partial charge is 0.0726 e. The van der Waals surface area contributed by atoms with E-state index in [2.05, 4.69) is 31.0 Å². The Labute approximate surface area is 107 Å². The van der Waals surface area contributed by atoms with Crippen molar-refractivity contribution in [1.29, 1.82) is 0 Å². The first-order valence-electron chi connectivity index (χ1n) is 7.35. The fourth-order valence-electron chi connectivity index (χ4n) is 2.55. The number of hydrogen-bond acceptors (Lipinski definition) is 3. The average Bonchev–Trinajstić information content (AvgIpc) is 2.83. The summed E-state index contributed by atoms with van der Waals surface area (Å²) in [6, 6.07) is 0.502. The molecule has 2 unspecified atom stereocenters. The second-order valence-corrected chi connectivity index (χ2v) is 5.14. The molecular formula is C14H30N2O. The second kappa shape index (κ2) is 8.90. The van der Waals surface area contributed by atoms with Crippen molar-refractivity contribution in [1.82, 2.24) is 10.2 Å². The van der Waals surface area contributed by atoms with Gasteiger partial charge in [0.1, 0.15) is 0 Å². The summed E-state index contributed by atoms with van der Waals surface area (Å²) in [7, 11) is 0. The summed E-state index contributed by atoms with van der Waals surface area (Å²) < 4.78 is 5.69. The minimum absolute atomic E-state index is 0.445. The highest BCUT2D eigenvalue weighted by Crippen LogP contribution is 2.15. The molecule has 1 heterocycles. The molecule has 3 nitrogen and oxygen atoms in total. The summed E-state index contributed by atoms with van der Waals surface area (Å²) in [5.74, 6) is 0. The van der Waals surface area contributed by atoms with Gasteiger partial charge in [0.2, 0.25) is 0 Å². The van der Waals surface area contributed by atoms with Crippen LogP contribution in [0, 0.1) is 0 Å². The Morgan fingerprint density at radius 2 is 1.94 bits per heavy atom. The van der Waals surface area contributed by atoms with E-state index in [-0.39, 0.29) is 0 Å². The van der Waals surface area contributed by atoms with Crippen LogP contribution in [0.25, 0.3) is 0 Å². The van der Waals surface area contributed by atoms with E-state index in [9.17, 15) is 0 Å². The molecule has 0 aromatic rings. The third-order valence-electron chi connectivity index (χ3n) is 3.50. The van der Waals surface area contributed by atoms with Crippen LogP contribution in [-0.4, -0.2) is 49.8 Å². The summed E-state index contributed by atoms with van der Waals surface area (Å²) in [6.45, 7) is 12.4. The zero-order valence-corrected chi connectivity index (χ0v) is 11.9. The average molecular weight is 242 g/mol. The molecule has 3 heteroatoms. The largest absolute Gasteiger partial charge is 0.377 e. The predicted molar refractivity (Wildman–Crippen MR) is 73.5 cm³/mol. The minimum Gasteiger partial charge on any atom is -0.377 e. The van der Waals surface area contributed by atoms with Gasteiger partial charge >= 0.3 is 0 Å². The van der Waals surface area contributed by atoms with Crippen molar-refractivity contribution in [2.75, 3.05) is 32.8 Å². The lowest BCUT2D eigenvalue weighted by Crippen LogP contribution is -2.41. The quantitative estimate of drug-likeness (QED) is 0.671. The van der Waals surface area contributed by atoms with Gasteiger partial charge in [-0.1, -0.05) is 13.8 Å². The molecule has 17 heavy (non-hydrogen) atoms. The van der Waals surface area contributed by atoms with Crippen LogP contribution in [0.15, 0.2) is 0 Å². The Balaban J connectivity index is 2.11. The minimum atomic E-state index is 0.445. The fraction of sp³-hybridized carbons (Fsp3) is 1.00. The van der Waals surface area contributed by atoms with E-state index in [0.29, 0.717) is 12.1 Å². The van der Waals surface area contributed by atoms with Gasteiger partial charge in [0, 0.05) is 25.7 Å². The van der Waals surface area contributed by atoms with E-state index >= 15 is 0 Å². The maximum absolute atomic E-state index is 5.69. The van der Waals surface area contributed by atoms with Gasteiger partial charge in [0.15, 0.2) is 0 Å². The maximum Gasteiger partial charge on any atom is 0.0726 e. The van der Waals surface area contributed by atoms with E-state index in [1.807, 2.05) is 0 Å². The molecule has 0 aromatic heterocycles. The van der Waals surface area contributed by atoms with Gasteiger partial charge in [-0.05, 0) is 45.7 Å². The zero-order valence-electron chi connectivity index (χ0n) is 11.9. The van der Waals surface area contributed by atoms with Crippen LogP contribution in [0.1, 0.15) is 46.5 Å². The molecule has 0 saturated carbocycles. The van der Waals surface area contributed by atoms with Crippen LogP contribution in [0.2, 0.25) is 0 Å². The Kier molecular flexibility index (Phi) is 7.82. The summed E-state index contributed by atoms with van der Waals surface area (Å²) >= 11 is 0. The highest BCUT2D eigenvalue weighted by atomic mass is 16.5. The van der Waals surface area contributed by atoms with E-state index in [0.717, 1.165) is 13.2 Å². The van der Waals surface area contributed by atoms with Crippen molar-refractivity contribution < 1.29 is 4.74 Å². The molecule has 0 spiro atoms. The van der Waals surface area contributed by atoms with Gasteiger partial charge in [0.05, 0.1) is 6.10 Å². The lowest BCUT2D eigenvalue weighted by molar-refractivity contribution is 0.0826. The molecule has 1 fully saturated rings. The molecule has 1 rings (SSSR count). The Morgan fingerprint density at radius 3 is 2.47 bits per heavy atom. The Morgan fingerprint density at radius 1 is 1.24 bits per heavy atom. The molecule has 1 aliphatic rings. The Hall–Kier alpha value is -0.120. The van der Waals surface area contributed by atoms with Crippen molar-refractivity contribution in [3.63, 3.8) is 0 Å². The molecule has 0 radical (unpaired) electrons. The highest BCUT2D eigenvalue weighted by Gasteiger charge is 2.21. The second-order valence-electron chi connectivity index (χ2n) is 5.14. The lowest BCUT2D eigenvalue weighted by atomic mass is 10.1. The zero-order chi connectivity index (χ0) is 12.5. The van der Waals surface area contributed by atoms with Crippen molar-refractivity contribution in [3.8, 4) is 0 Å². The molecule has 102 valence electrons. The molecule has 1 saturated heterocycles. The molecule has 0 bridgehead atoms. The molecule has 0 aromatic carbocycles. The maximum atomic E-state index is 5.69. The van der Waals surface area contributed by atoms with Crippen LogP contribution in [0.3, 0.4) is 0 Å². The topological polar surface area (TPSA) is 24.5 Å². The third-order valence-corrected chi connectivity index (χ3v) is 3.50. The van der Waals surface area contributed by atoms with E-state index in [4.69, 9.17) is 4.74 Å². The first kappa shape index (κ1) is 14.9. The first-order chi connectivity index (χ1) is 8.27. The highest BCUT2D eigenvalue weighted by molar-refractivity contribution is 4.77. The molecule has 1 N–H and O–H groups in total. The molecule has 1 aliphatic heterocycles.